The van der Waals surface area contributed by atoms with Crippen LogP contribution in [0.15, 0.2) is 24.3 Å². The maximum atomic E-state index is 12.0. The fourth-order valence-electron chi connectivity index (χ4n) is 0.441. The third-order valence-electron chi connectivity index (χ3n) is 0.827. The lowest BCUT2D eigenvalue weighted by molar-refractivity contribution is 0.311. The number of hydrogen-bond donors (Lipinski definition) is 3. The van der Waals surface area contributed by atoms with E-state index in [-0.39, 0.29) is 13.0 Å². The molecule has 0 fully saturated rings. The summed E-state index contributed by atoms with van der Waals surface area (Å²) in [6.45, 7) is 0. The first kappa shape index (κ1) is 8.87. The molecule has 4 N–H and O–H groups in total. The third-order valence-corrected chi connectivity index (χ3v) is 0.827. The molecule has 0 radical (unpaired) electrons. The third kappa shape index (κ3) is 3.01. The molecule has 0 spiro atoms. The van der Waals surface area contributed by atoms with Crippen LogP contribution in [-0.2, 0) is 0 Å². The van der Waals surface area contributed by atoms with Crippen molar-refractivity contribution in [1.29, 1.82) is 0 Å². The van der Waals surface area contributed by atoms with Crippen molar-refractivity contribution in [3.8, 4) is 5.75 Å². The minimum Gasteiger partial charge on any atom is -0.508 e. The maximum absolute atomic E-state index is 12.0. The number of hydrogen-bond acceptors (Lipinski definition) is 3. The Kier molecular flexibility index (Phi) is 4.19. The summed E-state index contributed by atoms with van der Waals surface area (Å²) in [5.74, 6) is 3.26. The Hall–Kier alpha value is -1.13. The minimum atomic E-state index is -0.331. The average molecular weight is 147 g/mol. The zero-order valence-electron chi connectivity index (χ0n) is 5.16. The highest BCUT2D eigenvalue weighted by atomic mass is 19.1. The van der Waals surface area contributed by atoms with Crippen molar-refractivity contribution in [2.75, 3.05) is 0 Å². The Balaban J connectivity index is 0. The highest BCUT2D eigenvalue weighted by molar-refractivity contribution is 5.19. The van der Waals surface area contributed by atoms with Gasteiger partial charge in [0.05, 0.1) is 0 Å². The molecule has 1 aromatic carbocycles. The summed E-state index contributed by atoms with van der Waals surface area (Å²) in [5.41, 5.74) is 0. The molecule has 0 aliphatic carbocycles. The average Bonchev–Trinajstić information content (AvgIpc) is 2.00. The molecule has 0 atom stereocenters. The van der Waals surface area contributed by atoms with Crippen LogP contribution >= 0.6 is 0 Å². The molecule has 0 aliphatic rings. The second-order valence-corrected chi connectivity index (χ2v) is 1.48. The molecule has 0 heterocycles. The van der Waals surface area contributed by atoms with Crippen molar-refractivity contribution < 1.29 is 16.1 Å². The van der Waals surface area contributed by atoms with Crippen molar-refractivity contribution in [3.05, 3.63) is 30.1 Å². The molecule has 10 heavy (non-hydrogen) atoms. The smallest absolute Gasteiger partial charge is 0.123 e. The molecular formula is C6H10FNO2. The summed E-state index contributed by atoms with van der Waals surface area (Å²) in [5, 5.41) is 15.1. The molecule has 0 saturated heterocycles. The highest BCUT2D eigenvalue weighted by Gasteiger charge is 1.85. The topological polar surface area (TPSA) is 66.5 Å². The van der Waals surface area contributed by atoms with Crippen LogP contribution in [0, 0.1) is 5.82 Å². The Bertz CT molecular complexity index is 159. The van der Waals surface area contributed by atoms with Crippen molar-refractivity contribution in [2.45, 2.75) is 0 Å². The molecule has 0 saturated carbocycles. The molecule has 3 nitrogen and oxygen atoms in total. The van der Waals surface area contributed by atoms with Gasteiger partial charge in [-0.1, -0.05) is 0 Å². The molecule has 0 aliphatic heterocycles. The Morgan fingerprint density at radius 3 is 1.90 bits per heavy atom. The highest BCUT2D eigenvalue weighted by Crippen LogP contribution is 2.06. The van der Waals surface area contributed by atoms with Gasteiger partial charge in [0.1, 0.15) is 11.6 Å². The number of halogens is 1. The van der Waals surface area contributed by atoms with Crippen molar-refractivity contribution in [2.24, 2.45) is 5.90 Å². The standard InChI is InChI=1S/C6H5FO.H3NO.H2/c7-5-1-3-6(8)4-2-5;1-2;/h1-4,8H;2H,1H2;1H. The quantitative estimate of drug-likeness (QED) is 0.481. The minimum absolute atomic E-state index is 0. The van der Waals surface area contributed by atoms with Gasteiger partial charge >= 0.3 is 0 Å². The van der Waals surface area contributed by atoms with Gasteiger partial charge in [0.15, 0.2) is 0 Å². The SMILES string of the molecule is NO.Oc1ccc(F)cc1.[HH]. The largest absolute Gasteiger partial charge is 0.508 e. The van der Waals surface area contributed by atoms with Crippen LogP contribution < -0.4 is 5.90 Å². The van der Waals surface area contributed by atoms with Gasteiger partial charge in [-0.25, -0.2) is 10.3 Å². The lowest BCUT2D eigenvalue weighted by Crippen LogP contribution is -1.72. The van der Waals surface area contributed by atoms with Crippen LogP contribution in [0.5, 0.6) is 5.75 Å². The van der Waals surface area contributed by atoms with E-state index in [4.69, 9.17) is 10.3 Å². The van der Waals surface area contributed by atoms with E-state index in [1.165, 1.54) is 24.3 Å². The molecule has 4 heteroatoms. The van der Waals surface area contributed by atoms with Gasteiger partial charge in [0.25, 0.3) is 0 Å². The molecule has 0 amide bonds. The van der Waals surface area contributed by atoms with E-state index in [0.717, 1.165) is 0 Å². The summed E-state index contributed by atoms with van der Waals surface area (Å²) in [6, 6.07) is 5.01. The molecule has 1 rings (SSSR count). The molecule has 0 aromatic heterocycles. The summed E-state index contributed by atoms with van der Waals surface area (Å²) in [7, 11) is 0. The lowest BCUT2D eigenvalue weighted by Gasteiger charge is -1.86. The van der Waals surface area contributed by atoms with Crippen LogP contribution in [0.2, 0.25) is 0 Å². The molecule has 58 valence electrons. The number of phenolic OH excluding ortho intramolecular Hbond substituents is 1. The monoisotopic (exact) mass is 147 g/mol. The normalized spacial score (nSPS) is 7.90. The maximum Gasteiger partial charge on any atom is 0.123 e. The van der Waals surface area contributed by atoms with Crippen LogP contribution in [0.25, 0.3) is 0 Å². The fraction of sp³-hybridized carbons (Fsp3) is 0. The summed E-state index contributed by atoms with van der Waals surface area (Å²) in [6.07, 6.45) is 0. The predicted molar refractivity (Wildman–Crippen MR) is 36.2 cm³/mol. The van der Waals surface area contributed by atoms with E-state index >= 15 is 0 Å². The second kappa shape index (κ2) is 4.72. The molecule has 0 bridgehead atoms. The number of phenols is 1. The van der Waals surface area contributed by atoms with Gasteiger partial charge in [0.2, 0.25) is 0 Å². The fourth-order valence-corrected chi connectivity index (χ4v) is 0.441. The Labute approximate surface area is 59.0 Å². The number of rotatable bonds is 0. The number of nitrogens with two attached hydrogens (primary N) is 1. The molecular weight excluding hydrogens is 137 g/mol. The van der Waals surface area contributed by atoms with Gasteiger partial charge in [0, 0.05) is 1.43 Å². The van der Waals surface area contributed by atoms with Crippen LogP contribution in [0.4, 0.5) is 4.39 Å². The lowest BCUT2D eigenvalue weighted by atomic mass is 10.3. The zero-order valence-corrected chi connectivity index (χ0v) is 5.16. The van der Waals surface area contributed by atoms with Crippen molar-refractivity contribution in [3.63, 3.8) is 0 Å². The van der Waals surface area contributed by atoms with Crippen molar-refractivity contribution >= 4 is 0 Å². The predicted octanol–water partition coefficient (Wildman–Crippen LogP) is 1.11. The van der Waals surface area contributed by atoms with E-state index in [1.807, 2.05) is 0 Å². The van der Waals surface area contributed by atoms with Gasteiger partial charge in [-0.05, 0) is 24.3 Å². The van der Waals surface area contributed by atoms with Gasteiger partial charge in [-0.15, -0.1) is 0 Å². The zero-order chi connectivity index (χ0) is 7.98. The van der Waals surface area contributed by atoms with Crippen molar-refractivity contribution in [1.82, 2.24) is 0 Å². The van der Waals surface area contributed by atoms with Crippen LogP contribution in [0.1, 0.15) is 1.43 Å². The summed E-state index contributed by atoms with van der Waals surface area (Å²) in [4.78, 5) is 0. The van der Waals surface area contributed by atoms with E-state index in [9.17, 15) is 4.39 Å². The van der Waals surface area contributed by atoms with E-state index in [1.54, 1.807) is 0 Å². The van der Waals surface area contributed by atoms with Gasteiger partial charge < -0.3 is 10.3 Å². The van der Waals surface area contributed by atoms with E-state index in [2.05, 4.69) is 5.90 Å². The van der Waals surface area contributed by atoms with Gasteiger partial charge in [-0.2, -0.15) is 0 Å². The van der Waals surface area contributed by atoms with E-state index in [0.29, 0.717) is 0 Å². The molecule has 1 aromatic rings. The number of aromatic hydroxyl groups is 1. The second-order valence-electron chi connectivity index (χ2n) is 1.48. The summed E-state index contributed by atoms with van der Waals surface area (Å²) >= 11 is 0. The summed E-state index contributed by atoms with van der Waals surface area (Å²) < 4.78 is 12.0. The first-order chi connectivity index (χ1) is 4.79. The Morgan fingerprint density at radius 1 is 1.20 bits per heavy atom. The number of benzene rings is 1. The first-order valence-electron chi connectivity index (χ1n) is 2.49. The first-order valence-corrected chi connectivity index (χ1v) is 2.49. The Morgan fingerprint density at radius 2 is 1.60 bits per heavy atom. The van der Waals surface area contributed by atoms with Gasteiger partial charge in [-0.3, -0.25) is 0 Å². The van der Waals surface area contributed by atoms with E-state index < -0.39 is 0 Å². The van der Waals surface area contributed by atoms with Crippen LogP contribution in [0.3, 0.4) is 0 Å². The van der Waals surface area contributed by atoms with Crippen LogP contribution in [-0.4, -0.2) is 10.3 Å². The molecule has 0 unspecified atom stereocenters.